The summed E-state index contributed by atoms with van der Waals surface area (Å²) >= 11 is 1.66. The Hall–Kier alpha value is -2.73. The first kappa shape index (κ1) is 22.5. The van der Waals surface area contributed by atoms with Crippen LogP contribution < -0.4 is 9.47 Å². The zero-order valence-electron chi connectivity index (χ0n) is 18.6. The number of hydrogen-bond donors (Lipinski definition) is 0. The molecule has 0 bridgehead atoms. The predicted molar refractivity (Wildman–Crippen MR) is 131 cm³/mol. The van der Waals surface area contributed by atoms with Gasteiger partial charge in [-0.3, -0.25) is 9.69 Å². The van der Waals surface area contributed by atoms with Crippen LogP contribution in [0, 0.1) is 6.92 Å². The molecule has 0 N–H and O–H groups in total. The summed E-state index contributed by atoms with van der Waals surface area (Å²) in [7, 11) is 0. The van der Waals surface area contributed by atoms with Gasteiger partial charge in [-0.05, 0) is 74.9 Å². The number of ether oxygens (including phenoxy) is 2. The van der Waals surface area contributed by atoms with Gasteiger partial charge in [-0.15, -0.1) is 0 Å². The van der Waals surface area contributed by atoms with Crippen LogP contribution in [0.25, 0.3) is 6.08 Å². The van der Waals surface area contributed by atoms with Gasteiger partial charge in [0, 0.05) is 12.3 Å². The second kappa shape index (κ2) is 11.2. The first-order valence-corrected chi connectivity index (χ1v) is 12.3. The van der Waals surface area contributed by atoms with Crippen LogP contribution in [0.15, 0.2) is 59.2 Å². The average molecular weight is 451 g/mol. The second-order valence-corrected chi connectivity index (χ2v) is 9.14. The van der Waals surface area contributed by atoms with Crippen LogP contribution in [0.1, 0.15) is 43.2 Å². The molecule has 2 aromatic carbocycles. The summed E-state index contributed by atoms with van der Waals surface area (Å²) in [5.41, 5.74) is 2.70. The number of aliphatic imine (C=N–C) groups is 1. The minimum absolute atomic E-state index is 0.00452. The molecule has 4 rings (SSSR count). The van der Waals surface area contributed by atoms with Gasteiger partial charge in [-0.1, -0.05) is 41.6 Å². The molecule has 0 unspecified atom stereocenters. The van der Waals surface area contributed by atoms with E-state index in [1.165, 1.54) is 5.56 Å². The van der Waals surface area contributed by atoms with Crippen LogP contribution in [0.2, 0.25) is 0 Å². The molecular weight excluding hydrogens is 420 g/mol. The largest absolute Gasteiger partial charge is 0.494 e. The lowest BCUT2D eigenvalue weighted by atomic mass is 10.1. The Kier molecular flexibility index (Phi) is 7.88. The molecule has 2 heterocycles. The summed E-state index contributed by atoms with van der Waals surface area (Å²) in [4.78, 5) is 18.8. The third kappa shape index (κ3) is 6.16. The zero-order chi connectivity index (χ0) is 22.2. The SMILES string of the molecule is Cc1ccc(OCCCCCCOc2cccc(/C=C3\N=C4SCCCN4C3=O)c2)cc1. The third-order valence-electron chi connectivity index (χ3n) is 5.43. The number of amidine groups is 1. The normalized spacial score (nSPS) is 16.8. The van der Waals surface area contributed by atoms with Crippen molar-refractivity contribution in [2.45, 2.75) is 39.0 Å². The number of amides is 1. The highest BCUT2D eigenvalue weighted by atomic mass is 32.2. The molecule has 168 valence electrons. The maximum Gasteiger partial charge on any atom is 0.278 e. The Morgan fingerprint density at radius 2 is 1.75 bits per heavy atom. The van der Waals surface area contributed by atoms with E-state index in [0.717, 1.165) is 73.2 Å². The zero-order valence-corrected chi connectivity index (χ0v) is 19.4. The lowest BCUT2D eigenvalue weighted by Gasteiger charge is -2.21. The molecule has 2 aromatic rings. The van der Waals surface area contributed by atoms with Gasteiger partial charge in [0.2, 0.25) is 0 Å². The lowest BCUT2D eigenvalue weighted by Crippen LogP contribution is -2.34. The number of carbonyl (C=O) groups is 1. The Labute approximate surface area is 194 Å². The number of thioether (sulfide) groups is 1. The van der Waals surface area contributed by atoms with E-state index in [2.05, 4.69) is 24.0 Å². The number of nitrogens with zero attached hydrogens (tertiary/aromatic N) is 2. The first-order valence-electron chi connectivity index (χ1n) is 11.4. The average Bonchev–Trinajstić information content (AvgIpc) is 3.12. The Balaban J connectivity index is 1.16. The Morgan fingerprint density at radius 1 is 1.00 bits per heavy atom. The highest BCUT2D eigenvalue weighted by molar-refractivity contribution is 8.13. The van der Waals surface area contributed by atoms with E-state index in [1.807, 2.05) is 42.5 Å². The van der Waals surface area contributed by atoms with Crippen LogP contribution in [0.3, 0.4) is 0 Å². The van der Waals surface area contributed by atoms with Crippen LogP contribution >= 0.6 is 11.8 Å². The molecule has 0 spiro atoms. The van der Waals surface area contributed by atoms with Gasteiger partial charge in [0.05, 0.1) is 13.2 Å². The number of carbonyl (C=O) groups excluding carboxylic acids is 1. The van der Waals surface area contributed by atoms with Crippen LogP contribution in [-0.2, 0) is 4.79 Å². The highest BCUT2D eigenvalue weighted by Gasteiger charge is 2.32. The first-order chi connectivity index (χ1) is 15.7. The van der Waals surface area contributed by atoms with Crippen molar-refractivity contribution in [2.24, 2.45) is 4.99 Å². The monoisotopic (exact) mass is 450 g/mol. The summed E-state index contributed by atoms with van der Waals surface area (Å²) in [6.07, 6.45) is 7.16. The smallest absolute Gasteiger partial charge is 0.278 e. The van der Waals surface area contributed by atoms with E-state index < -0.39 is 0 Å². The van der Waals surface area contributed by atoms with Gasteiger partial charge < -0.3 is 9.47 Å². The van der Waals surface area contributed by atoms with Crippen LogP contribution in [-0.4, -0.2) is 41.5 Å². The van der Waals surface area contributed by atoms with Crippen LogP contribution in [0.4, 0.5) is 0 Å². The molecule has 2 aliphatic rings. The van der Waals surface area contributed by atoms with Crippen molar-refractivity contribution in [1.29, 1.82) is 0 Å². The summed E-state index contributed by atoms with van der Waals surface area (Å²) in [5, 5.41) is 0.837. The van der Waals surface area contributed by atoms with Crippen LogP contribution in [0.5, 0.6) is 11.5 Å². The predicted octanol–water partition coefficient (Wildman–Crippen LogP) is 5.69. The third-order valence-corrected chi connectivity index (χ3v) is 6.49. The maximum absolute atomic E-state index is 12.5. The molecule has 2 aliphatic heterocycles. The molecule has 1 amide bonds. The topological polar surface area (TPSA) is 51.1 Å². The minimum atomic E-state index is 0.00452. The van der Waals surface area contributed by atoms with E-state index >= 15 is 0 Å². The van der Waals surface area contributed by atoms with E-state index in [9.17, 15) is 4.79 Å². The molecular formula is C26H30N2O3S. The standard InChI is InChI=1S/C26H30N2O3S/c1-20-10-12-22(13-11-20)30-15-4-2-3-5-16-31-23-9-6-8-21(18-23)19-24-25(29)28-14-7-17-32-26(28)27-24/h6,8-13,18-19H,2-5,7,14-17H2,1H3/b24-19-. The fraction of sp³-hybridized carbons (Fsp3) is 0.385. The molecule has 0 atom stereocenters. The molecule has 1 saturated heterocycles. The molecule has 0 radical (unpaired) electrons. The van der Waals surface area contributed by atoms with Gasteiger partial charge in [-0.2, -0.15) is 0 Å². The van der Waals surface area contributed by atoms with E-state index in [0.29, 0.717) is 12.3 Å². The summed E-state index contributed by atoms with van der Waals surface area (Å²) in [6, 6.07) is 16.0. The number of fused-ring (bicyclic) bond motifs is 1. The fourth-order valence-electron chi connectivity index (χ4n) is 3.65. The molecule has 0 saturated carbocycles. The van der Waals surface area contributed by atoms with Gasteiger partial charge in [0.25, 0.3) is 5.91 Å². The summed E-state index contributed by atoms with van der Waals surface area (Å²) < 4.78 is 11.7. The van der Waals surface area contributed by atoms with Crippen molar-refractivity contribution in [2.75, 3.05) is 25.5 Å². The number of benzene rings is 2. The summed E-state index contributed by atoms with van der Waals surface area (Å²) in [5.74, 6) is 2.80. The second-order valence-electron chi connectivity index (χ2n) is 8.08. The van der Waals surface area contributed by atoms with E-state index in [1.54, 1.807) is 16.7 Å². The number of rotatable bonds is 10. The number of hydrogen-bond acceptors (Lipinski definition) is 5. The Morgan fingerprint density at radius 3 is 2.50 bits per heavy atom. The van der Waals surface area contributed by atoms with Gasteiger partial charge in [-0.25, -0.2) is 4.99 Å². The molecule has 32 heavy (non-hydrogen) atoms. The maximum atomic E-state index is 12.5. The van der Waals surface area contributed by atoms with E-state index in [-0.39, 0.29) is 5.91 Å². The Bertz CT molecular complexity index is 985. The number of aryl methyl sites for hydroxylation is 1. The van der Waals surface area contributed by atoms with Gasteiger partial charge >= 0.3 is 0 Å². The fourth-order valence-corrected chi connectivity index (χ4v) is 4.60. The molecule has 6 heteroatoms. The van der Waals surface area contributed by atoms with E-state index in [4.69, 9.17) is 9.47 Å². The van der Waals surface area contributed by atoms with Crippen molar-refractivity contribution in [3.05, 3.63) is 65.4 Å². The van der Waals surface area contributed by atoms with Crippen molar-refractivity contribution in [3.8, 4) is 11.5 Å². The number of unbranched alkanes of at least 4 members (excludes halogenated alkanes) is 3. The molecule has 0 aliphatic carbocycles. The van der Waals surface area contributed by atoms with Crippen molar-refractivity contribution < 1.29 is 14.3 Å². The lowest BCUT2D eigenvalue weighted by molar-refractivity contribution is -0.122. The molecule has 5 nitrogen and oxygen atoms in total. The quantitative estimate of drug-likeness (QED) is 0.345. The van der Waals surface area contributed by atoms with Gasteiger partial charge in [0.1, 0.15) is 17.2 Å². The molecule has 0 aromatic heterocycles. The minimum Gasteiger partial charge on any atom is -0.494 e. The summed E-state index contributed by atoms with van der Waals surface area (Å²) in [6.45, 7) is 4.28. The molecule has 1 fully saturated rings. The van der Waals surface area contributed by atoms with Gasteiger partial charge in [0.15, 0.2) is 5.17 Å². The van der Waals surface area contributed by atoms with Crippen molar-refractivity contribution in [1.82, 2.24) is 4.90 Å². The van der Waals surface area contributed by atoms with Crippen molar-refractivity contribution in [3.63, 3.8) is 0 Å². The van der Waals surface area contributed by atoms with Crippen molar-refractivity contribution >= 4 is 28.9 Å². The highest BCUT2D eigenvalue weighted by Crippen LogP contribution is 2.28.